The van der Waals surface area contributed by atoms with Crippen molar-refractivity contribution in [2.45, 2.75) is 32.9 Å². The molecule has 1 atom stereocenters. The van der Waals surface area contributed by atoms with Gasteiger partial charge in [0.25, 0.3) is 0 Å². The number of aliphatic hydroxyl groups excluding tert-OH is 1. The van der Waals surface area contributed by atoms with Crippen LogP contribution >= 0.6 is 0 Å². The van der Waals surface area contributed by atoms with Crippen molar-refractivity contribution in [3.8, 4) is 0 Å². The molecular formula is C10H15NO4. The molecule has 0 aliphatic carbocycles. The molecule has 5 nitrogen and oxygen atoms in total. The highest BCUT2D eigenvalue weighted by molar-refractivity contribution is 5.65. The molecule has 0 amide bonds. The number of rotatable bonds is 6. The summed E-state index contributed by atoms with van der Waals surface area (Å²) in [5.74, 6) is 0. The lowest BCUT2D eigenvalue weighted by molar-refractivity contribution is -0.558. The first-order valence-corrected chi connectivity index (χ1v) is 4.58. The maximum atomic E-state index is 10.2. The summed E-state index contributed by atoms with van der Waals surface area (Å²) in [6.45, 7) is 3.31. The van der Waals surface area contributed by atoms with Crippen LogP contribution < -0.4 is 0 Å². The molecule has 0 aliphatic heterocycles. The molecule has 0 radical (unpaired) electrons. The van der Waals surface area contributed by atoms with Crippen LogP contribution in [0.5, 0.6) is 0 Å². The van der Waals surface area contributed by atoms with Gasteiger partial charge in [-0.25, -0.2) is 0 Å². The summed E-state index contributed by atoms with van der Waals surface area (Å²) in [5.41, 5.74) is 1.23. The van der Waals surface area contributed by atoms with Gasteiger partial charge in [0.2, 0.25) is 0 Å². The summed E-state index contributed by atoms with van der Waals surface area (Å²) >= 11 is 0. The predicted molar refractivity (Wildman–Crippen MR) is 55.8 cm³/mol. The standard InChI is InChI=1S/C10H15NO4/c1-8(6-7-12)4-3-5-9(2)10(13)11(14)15/h5-7,10,13H,3-4H2,1-2H3/b8-6-,9-5?. The fourth-order valence-electron chi connectivity index (χ4n) is 0.999. The van der Waals surface area contributed by atoms with E-state index in [9.17, 15) is 14.9 Å². The van der Waals surface area contributed by atoms with E-state index in [4.69, 9.17) is 5.11 Å². The summed E-state index contributed by atoms with van der Waals surface area (Å²) in [4.78, 5) is 19.5. The van der Waals surface area contributed by atoms with Crippen LogP contribution in [0.4, 0.5) is 0 Å². The van der Waals surface area contributed by atoms with Gasteiger partial charge in [0.05, 0.1) is 4.92 Å². The molecule has 0 aromatic rings. The average Bonchev–Trinajstić information content (AvgIpc) is 2.16. The third kappa shape index (κ3) is 5.74. The van der Waals surface area contributed by atoms with Crippen LogP contribution in [0.1, 0.15) is 26.7 Å². The Morgan fingerprint density at radius 1 is 1.53 bits per heavy atom. The second kappa shape index (κ2) is 6.89. The Morgan fingerprint density at radius 2 is 2.13 bits per heavy atom. The van der Waals surface area contributed by atoms with Crippen LogP contribution in [0.2, 0.25) is 0 Å². The van der Waals surface area contributed by atoms with Crippen molar-refractivity contribution < 1.29 is 14.8 Å². The van der Waals surface area contributed by atoms with E-state index in [1.807, 2.05) is 6.92 Å². The maximum Gasteiger partial charge on any atom is 0.335 e. The van der Waals surface area contributed by atoms with Crippen LogP contribution in [0.15, 0.2) is 23.3 Å². The molecule has 0 heterocycles. The molecule has 0 aromatic carbocycles. The zero-order valence-corrected chi connectivity index (χ0v) is 8.84. The van der Waals surface area contributed by atoms with Crippen LogP contribution in [0.25, 0.3) is 0 Å². The second-order valence-corrected chi connectivity index (χ2v) is 3.29. The Kier molecular flexibility index (Phi) is 6.21. The van der Waals surface area contributed by atoms with Gasteiger partial charge in [0, 0.05) is 5.57 Å². The quantitative estimate of drug-likeness (QED) is 0.181. The SMILES string of the molecule is CC(=CCC/C(C)=C\C=O)C(O)[N+](=O)[O-]. The molecule has 1 N–H and O–H groups in total. The Hall–Kier alpha value is -1.49. The van der Waals surface area contributed by atoms with E-state index in [2.05, 4.69) is 0 Å². The summed E-state index contributed by atoms with van der Waals surface area (Å²) in [5, 5.41) is 19.2. The van der Waals surface area contributed by atoms with Crippen LogP contribution in [0.3, 0.4) is 0 Å². The lowest BCUT2D eigenvalue weighted by Gasteiger charge is -2.02. The number of allylic oxidation sites excluding steroid dienone is 3. The van der Waals surface area contributed by atoms with E-state index in [1.54, 1.807) is 6.08 Å². The summed E-state index contributed by atoms with van der Waals surface area (Å²) < 4.78 is 0. The van der Waals surface area contributed by atoms with Gasteiger partial charge in [-0.2, -0.15) is 0 Å². The Balaban J connectivity index is 4.12. The van der Waals surface area contributed by atoms with Gasteiger partial charge >= 0.3 is 6.23 Å². The molecular weight excluding hydrogens is 198 g/mol. The number of hydrogen-bond donors (Lipinski definition) is 1. The Labute approximate surface area is 88.3 Å². The Morgan fingerprint density at radius 3 is 2.60 bits per heavy atom. The van der Waals surface area contributed by atoms with Crippen molar-refractivity contribution in [1.82, 2.24) is 0 Å². The average molecular weight is 213 g/mol. The van der Waals surface area contributed by atoms with E-state index in [0.717, 1.165) is 5.57 Å². The van der Waals surface area contributed by atoms with E-state index < -0.39 is 11.2 Å². The number of aliphatic hydroxyl groups is 1. The zero-order chi connectivity index (χ0) is 11.8. The smallest absolute Gasteiger partial charge is 0.329 e. The molecule has 0 aliphatic rings. The van der Waals surface area contributed by atoms with E-state index in [1.165, 1.54) is 13.0 Å². The van der Waals surface area contributed by atoms with E-state index in [-0.39, 0.29) is 0 Å². The second-order valence-electron chi connectivity index (χ2n) is 3.29. The summed E-state index contributed by atoms with van der Waals surface area (Å²) in [6, 6.07) is 0. The molecule has 84 valence electrons. The molecule has 5 heteroatoms. The van der Waals surface area contributed by atoms with Crippen molar-refractivity contribution >= 4 is 6.29 Å². The lowest BCUT2D eigenvalue weighted by atomic mass is 10.1. The van der Waals surface area contributed by atoms with Crippen molar-refractivity contribution in [3.05, 3.63) is 33.4 Å². The van der Waals surface area contributed by atoms with E-state index >= 15 is 0 Å². The normalized spacial score (nSPS) is 14.9. The number of carbonyl (C=O) groups is 1. The number of aldehydes is 1. The van der Waals surface area contributed by atoms with Gasteiger partial charge in [-0.3, -0.25) is 14.9 Å². The fourth-order valence-corrected chi connectivity index (χ4v) is 0.999. The van der Waals surface area contributed by atoms with Crippen molar-refractivity contribution in [2.75, 3.05) is 0 Å². The van der Waals surface area contributed by atoms with Gasteiger partial charge in [-0.05, 0) is 32.8 Å². The maximum absolute atomic E-state index is 10.2. The van der Waals surface area contributed by atoms with Gasteiger partial charge < -0.3 is 5.11 Å². The number of carbonyl (C=O) groups excluding carboxylic acids is 1. The first-order chi connectivity index (χ1) is 6.99. The van der Waals surface area contributed by atoms with Crippen molar-refractivity contribution in [3.63, 3.8) is 0 Å². The highest BCUT2D eigenvalue weighted by Crippen LogP contribution is 2.08. The molecule has 15 heavy (non-hydrogen) atoms. The molecule has 0 aromatic heterocycles. The number of nitro groups is 1. The van der Waals surface area contributed by atoms with Crippen molar-refractivity contribution in [2.24, 2.45) is 0 Å². The first kappa shape index (κ1) is 13.5. The number of nitrogens with zero attached hydrogens (tertiary/aromatic N) is 1. The van der Waals surface area contributed by atoms with Gasteiger partial charge in [-0.15, -0.1) is 0 Å². The first-order valence-electron chi connectivity index (χ1n) is 4.58. The third-order valence-corrected chi connectivity index (χ3v) is 1.96. The topological polar surface area (TPSA) is 80.4 Å². The summed E-state index contributed by atoms with van der Waals surface area (Å²) in [7, 11) is 0. The van der Waals surface area contributed by atoms with Gasteiger partial charge in [0.15, 0.2) is 0 Å². The van der Waals surface area contributed by atoms with Gasteiger partial charge in [-0.1, -0.05) is 11.6 Å². The lowest BCUT2D eigenvalue weighted by Crippen LogP contribution is -2.19. The minimum Gasteiger partial charge on any atom is -0.329 e. The van der Waals surface area contributed by atoms with Crippen molar-refractivity contribution in [1.29, 1.82) is 0 Å². The highest BCUT2D eigenvalue weighted by Gasteiger charge is 2.16. The van der Waals surface area contributed by atoms with Crippen LogP contribution in [0, 0.1) is 10.1 Å². The molecule has 0 spiro atoms. The fraction of sp³-hybridized carbons (Fsp3) is 0.500. The molecule has 0 saturated heterocycles. The van der Waals surface area contributed by atoms with Crippen LogP contribution in [-0.4, -0.2) is 22.5 Å². The van der Waals surface area contributed by atoms with Gasteiger partial charge in [0.1, 0.15) is 6.29 Å². The molecule has 0 rings (SSSR count). The van der Waals surface area contributed by atoms with E-state index in [0.29, 0.717) is 24.7 Å². The molecule has 1 unspecified atom stereocenters. The molecule has 0 fully saturated rings. The minimum atomic E-state index is -1.62. The minimum absolute atomic E-state index is 0.318. The predicted octanol–water partition coefficient (Wildman–Crippen LogP) is 1.45. The molecule has 0 saturated carbocycles. The summed E-state index contributed by atoms with van der Waals surface area (Å²) in [6.07, 6.45) is 3.37. The van der Waals surface area contributed by atoms with Crippen LogP contribution in [-0.2, 0) is 4.79 Å². The largest absolute Gasteiger partial charge is 0.335 e. The zero-order valence-electron chi connectivity index (χ0n) is 8.84. The third-order valence-electron chi connectivity index (χ3n) is 1.96. The monoisotopic (exact) mass is 213 g/mol. The number of hydrogen-bond acceptors (Lipinski definition) is 4. The Bertz CT molecular complexity index is 294. The molecule has 0 bridgehead atoms. The highest BCUT2D eigenvalue weighted by atomic mass is 16.7.